The predicted octanol–water partition coefficient (Wildman–Crippen LogP) is 4.69. The van der Waals surface area contributed by atoms with Crippen molar-refractivity contribution >= 4 is 28.3 Å². The number of hydrogen-bond acceptors (Lipinski definition) is 8. The molecule has 0 saturated heterocycles. The van der Waals surface area contributed by atoms with Gasteiger partial charge in [0.05, 0.1) is 19.6 Å². The summed E-state index contributed by atoms with van der Waals surface area (Å²) in [4.78, 5) is 29.2. The fourth-order valence-corrected chi connectivity index (χ4v) is 5.11. The highest BCUT2D eigenvalue weighted by atomic mass is 32.1. The number of carbonyl (C=O) groups is 2. The summed E-state index contributed by atoms with van der Waals surface area (Å²) >= 11 is 0.308. The van der Waals surface area contributed by atoms with Crippen LogP contribution in [0.25, 0.3) is 11.4 Å². The smallest absolute Gasteiger partial charge is 0.435 e. The molecule has 0 bridgehead atoms. The maximum absolute atomic E-state index is 14.1. The molecule has 1 fully saturated rings. The van der Waals surface area contributed by atoms with Crippen LogP contribution in [0.4, 0.5) is 27.1 Å². The zero-order valence-electron chi connectivity index (χ0n) is 19.6. The number of anilines is 1. The molecule has 1 N–H and O–H groups in total. The zero-order valence-corrected chi connectivity index (χ0v) is 20.4. The van der Waals surface area contributed by atoms with Gasteiger partial charge in [-0.1, -0.05) is 35.6 Å². The Balaban J connectivity index is 1.64. The Morgan fingerprint density at radius 3 is 2.51 bits per heavy atom. The van der Waals surface area contributed by atoms with Crippen LogP contribution in [0, 0.1) is 5.92 Å². The minimum atomic E-state index is -4.97. The molecule has 0 unspecified atom stereocenters. The summed E-state index contributed by atoms with van der Waals surface area (Å²) < 4.78 is 73.2. The Morgan fingerprint density at radius 2 is 1.97 bits per heavy atom. The number of ether oxygens (including phenoxy) is 1. The van der Waals surface area contributed by atoms with E-state index in [-0.39, 0.29) is 13.0 Å². The summed E-state index contributed by atoms with van der Waals surface area (Å²) in [5.41, 5.74) is -0.538. The van der Waals surface area contributed by atoms with Crippen LogP contribution in [0.1, 0.15) is 53.0 Å². The van der Waals surface area contributed by atoms with Crippen molar-refractivity contribution < 1.29 is 36.3 Å². The number of carbonyl (C=O) groups excluding carboxylic acids is 2. The second-order valence-electron chi connectivity index (χ2n) is 8.47. The van der Waals surface area contributed by atoms with Gasteiger partial charge in [-0.05, 0) is 30.0 Å². The van der Waals surface area contributed by atoms with Crippen molar-refractivity contribution in [1.82, 2.24) is 25.2 Å². The van der Waals surface area contributed by atoms with Crippen LogP contribution in [0.2, 0.25) is 0 Å². The molecule has 0 spiro atoms. The third-order valence-corrected chi connectivity index (χ3v) is 6.77. The number of amides is 1. The average Bonchev–Trinajstić information content (AvgIpc) is 3.53. The van der Waals surface area contributed by atoms with Gasteiger partial charge in [0.25, 0.3) is 0 Å². The second-order valence-corrected chi connectivity index (χ2v) is 9.46. The van der Waals surface area contributed by atoms with E-state index >= 15 is 0 Å². The molecular formula is C22H21F5N6O3S. The fraction of sp³-hybridized carbons (Fsp3) is 0.455. The van der Waals surface area contributed by atoms with Crippen molar-refractivity contribution in [2.75, 3.05) is 11.9 Å². The van der Waals surface area contributed by atoms with Crippen molar-refractivity contribution in [2.24, 2.45) is 13.0 Å². The monoisotopic (exact) mass is 544 g/mol. The van der Waals surface area contributed by atoms with Gasteiger partial charge in [-0.15, -0.1) is 10.2 Å². The number of halogens is 5. The van der Waals surface area contributed by atoms with Gasteiger partial charge >= 0.3 is 12.1 Å². The summed E-state index contributed by atoms with van der Waals surface area (Å²) in [6, 6.07) is 6.31. The number of aryl methyl sites for hydroxylation is 1. The van der Waals surface area contributed by atoms with Crippen molar-refractivity contribution in [3.05, 3.63) is 40.4 Å². The van der Waals surface area contributed by atoms with E-state index in [1.54, 1.807) is 31.3 Å². The van der Waals surface area contributed by atoms with Crippen molar-refractivity contribution in [3.8, 4) is 11.4 Å². The van der Waals surface area contributed by atoms with Crippen LogP contribution in [-0.4, -0.2) is 49.6 Å². The molecule has 1 amide bonds. The number of esters is 1. The fourth-order valence-electron chi connectivity index (χ4n) is 4.23. The Labute approximate surface area is 211 Å². The quantitative estimate of drug-likeness (QED) is 0.339. The lowest BCUT2D eigenvalue weighted by Crippen LogP contribution is -2.27. The van der Waals surface area contributed by atoms with Crippen molar-refractivity contribution in [1.29, 1.82) is 0 Å². The molecule has 15 heteroatoms. The van der Waals surface area contributed by atoms with Gasteiger partial charge in [0.1, 0.15) is 4.88 Å². The van der Waals surface area contributed by atoms with Gasteiger partial charge in [-0.3, -0.25) is 4.79 Å². The molecule has 37 heavy (non-hydrogen) atoms. The first-order chi connectivity index (χ1) is 17.4. The van der Waals surface area contributed by atoms with E-state index in [1.807, 2.05) is 0 Å². The molecule has 3 aromatic rings. The maximum atomic E-state index is 14.1. The third-order valence-electron chi connectivity index (χ3n) is 5.82. The molecule has 1 saturated carbocycles. The van der Waals surface area contributed by atoms with Gasteiger partial charge in [-0.25, -0.2) is 18.6 Å². The Kier molecular flexibility index (Phi) is 7.26. The van der Waals surface area contributed by atoms with Crippen LogP contribution < -0.4 is 5.32 Å². The van der Waals surface area contributed by atoms with E-state index in [0.29, 0.717) is 28.3 Å². The number of nitrogens with zero attached hydrogens (tertiary/aromatic N) is 5. The molecule has 0 aliphatic heterocycles. The summed E-state index contributed by atoms with van der Waals surface area (Å²) in [7, 11) is 1.58. The standard InChI is InChI=1S/C22H21F5N6O3S/c1-3-36-19(35)15-16(22(25,26)27)28-20(37-15)29-18(34)14(13-8-9-21(23,24)10-13)11-4-6-12(7-5-11)17-30-32-33(2)31-17/h4-7,13-14H,3,8-10H2,1-2H3,(H,28,29,34)/t13-,14+/m0/s1. The molecule has 198 valence electrons. The SMILES string of the molecule is CCOC(=O)c1sc(NC(=O)[C@H](c2ccc(-c3nnn(C)n3)cc2)[C@H]2CCC(F)(F)C2)nc1C(F)(F)F. The van der Waals surface area contributed by atoms with Gasteiger partial charge < -0.3 is 10.1 Å². The van der Waals surface area contributed by atoms with Crippen molar-refractivity contribution in [3.63, 3.8) is 0 Å². The van der Waals surface area contributed by atoms with Crippen LogP contribution in [0.3, 0.4) is 0 Å². The average molecular weight is 545 g/mol. The van der Waals surface area contributed by atoms with E-state index < -0.39 is 64.4 Å². The van der Waals surface area contributed by atoms with Gasteiger partial charge in [-0.2, -0.15) is 18.0 Å². The predicted molar refractivity (Wildman–Crippen MR) is 121 cm³/mol. The lowest BCUT2D eigenvalue weighted by Gasteiger charge is -2.23. The highest BCUT2D eigenvalue weighted by Gasteiger charge is 2.46. The largest absolute Gasteiger partial charge is 0.462 e. The molecule has 2 atom stereocenters. The molecule has 1 aliphatic carbocycles. The number of aromatic nitrogens is 5. The highest BCUT2D eigenvalue weighted by molar-refractivity contribution is 7.17. The summed E-state index contributed by atoms with van der Waals surface area (Å²) in [5.74, 6) is -6.58. The first-order valence-corrected chi connectivity index (χ1v) is 12.0. The molecular weight excluding hydrogens is 523 g/mol. The summed E-state index contributed by atoms with van der Waals surface area (Å²) in [6.45, 7) is 1.27. The molecule has 0 radical (unpaired) electrons. The summed E-state index contributed by atoms with van der Waals surface area (Å²) in [6.07, 6.45) is -5.90. The van der Waals surface area contributed by atoms with E-state index in [0.717, 1.165) is 0 Å². The van der Waals surface area contributed by atoms with Gasteiger partial charge in [0, 0.05) is 18.4 Å². The normalized spacial score (nSPS) is 18.0. The molecule has 2 heterocycles. The number of hydrogen-bond donors (Lipinski definition) is 1. The van der Waals surface area contributed by atoms with Crippen molar-refractivity contribution in [2.45, 2.75) is 44.2 Å². The number of rotatable bonds is 7. The van der Waals surface area contributed by atoms with E-state index in [9.17, 15) is 31.5 Å². The number of alkyl halides is 5. The first-order valence-electron chi connectivity index (χ1n) is 11.2. The van der Waals surface area contributed by atoms with Gasteiger partial charge in [0.15, 0.2) is 10.8 Å². The molecule has 4 rings (SSSR count). The Morgan fingerprint density at radius 1 is 1.27 bits per heavy atom. The minimum Gasteiger partial charge on any atom is -0.462 e. The number of tetrazole rings is 1. The van der Waals surface area contributed by atoms with Gasteiger partial charge in [0.2, 0.25) is 17.7 Å². The minimum absolute atomic E-state index is 0.0400. The number of benzene rings is 1. The molecule has 1 aliphatic rings. The topological polar surface area (TPSA) is 112 Å². The first kappa shape index (κ1) is 26.6. The maximum Gasteiger partial charge on any atom is 0.435 e. The third kappa shape index (κ3) is 5.92. The Bertz CT molecular complexity index is 1290. The second kappa shape index (κ2) is 10.1. The summed E-state index contributed by atoms with van der Waals surface area (Å²) in [5, 5.41) is 13.5. The van der Waals surface area contributed by atoms with E-state index in [1.165, 1.54) is 11.7 Å². The molecule has 2 aromatic heterocycles. The zero-order chi connectivity index (χ0) is 27.0. The highest BCUT2D eigenvalue weighted by Crippen LogP contribution is 2.46. The van der Waals surface area contributed by atoms with Crippen LogP contribution in [0.5, 0.6) is 0 Å². The lowest BCUT2D eigenvalue weighted by atomic mass is 9.83. The number of thiazole rings is 1. The molecule has 9 nitrogen and oxygen atoms in total. The van der Waals surface area contributed by atoms with Crippen LogP contribution >= 0.6 is 11.3 Å². The van der Waals surface area contributed by atoms with E-state index in [2.05, 4.69) is 30.4 Å². The Hall–Kier alpha value is -3.49. The van der Waals surface area contributed by atoms with E-state index in [4.69, 9.17) is 0 Å². The van der Waals surface area contributed by atoms with Crippen LogP contribution in [0.15, 0.2) is 24.3 Å². The number of nitrogens with one attached hydrogen (secondary N) is 1. The molecule has 1 aromatic carbocycles. The lowest BCUT2D eigenvalue weighted by molar-refractivity contribution is -0.141. The van der Waals surface area contributed by atoms with Crippen LogP contribution in [-0.2, 0) is 22.8 Å².